The van der Waals surface area contributed by atoms with E-state index in [1.165, 1.54) is 12.8 Å². The van der Waals surface area contributed by atoms with Gasteiger partial charge >= 0.3 is 0 Å². The number of hydrogen-bond donors (Lipinski definition) is 1. The molecule has 0 aromatic heterocycles. The van der Waals surface area contributed by atoms with Gasteiger partial charge in [-0.15, -0.1) is 0 Å². The lowest BCUT2D eigenvalue weighted by Gasteiger charge is -1.99. The predicted octanol–water partition coefficient (Wildman–Crippen LogP) is 2.01. The highest BCUT2D eigenvalue weighted by Crippen LogP contribution is 2.18. The van der Waals surface area contributed by atoms with Crippen LogP contribution < -0.4 is 5.32 Å². The molecule has 0 aromatic rings. The van der Waals surface area contributed by atoms with Crippen LogP contribution in [0.4, 0.5) is 0 Å². The number of hydrogen-bond acceptors (Lipinski definition) is 1. The summed E-state index contributed by atoms with van der Waals surface area (Å²) in [6, 6.07) is 0.507. The molecule has 1 saturated carbocycles. The van der Waals surface area contributed by atoms with Crippen molar-refractivity contribution >= 4 is 5.91 Å². The molecule has 1 aliphatic rings. The third-order valence-corrected chi connectivity index (χ3v) is 1.88. The maximum Gasteiger partial charge on any atom is 0.220 e. The maximum absolute atomic E-state index is 11.1. The Morgan fingerprint density at radius 2 is 2.25 bits per heavy atom. The van der Waals surface area contributed by atoms with Gasteiger partial charge < -0.3 is 5.32 Å². The average molecular weight is 167 g/mol. The molecule has 0 aliphatic heterocycles. The molecule has 68 valence electrons. The third kappa shape index (κ3) is 4.16. The van der Waals surface area contributed by atoms with Gasteiger partial charge in [-0.25, -0.2) is 0 Å². The zero-order valence-corrected chi connectivity index (χ0v) is 7.68. The van der Waals surface area contributed by atoms with E-state index in [4.69, 9.17) is 0 Å². The highest BCUT2D eigenvalue weighted by atomic mass is 16.1. The minimum Gasteiger partial charge on any atom is -0.353 e. The lowest BCUT2D eigenvalue weighted by Crippen LogP contribution is -2.24. The van der Waals surface area contributed by atoms with Crippen molar-refractivity contribution < 1.29 is 4.79 Å². The molecular weight excluding hydrogens is 150 g/mol. The first-order valence-electron chi connectivity index (χ1n) is 4.77. The topological polar surface area (TPSA) is 29.1 Å². The molecule has 12 heavy (non-hydrogen) atoms. The molecule has 0 aromatic carbocycles. The van der Waals surface area contributed by atoms with E-state index in [-0.39, 0.29) is 5.91 Å². The average Bonchev–Trinajstić information content (AvgIpc) is 2.82. The van der Waals surface area contributed by atoms with Crippen LogP contribution in [-0.2, 0) is 4.79 Å². The van der Waals surface area contributed by atoms with Gasteiger partial charge in [-0.05, 0) is 25.7 Å². The standard InChI is InChI=1S/C10H17NO/c1-2-3-4-5-6-10(12)11-9-7-8-9/h3-4,9H,2,5-8H2,1H3,(H,11,12). The summed E-state index contributed by atoms with van der Waals surface area (Å²) in [6.45, 7) is 2.10. The van der Waals surface area contributed by atoms with E-state index in [2.05, 4.69) is 24.4 Å². The number of allylic oxidation sites excluding steroid dienone is 2. The highest BCUT2D eigenvalue weighted by molar-refractivity contribution is 5.76. The summed E-state index contributed by atoms with van der Waals surface area (Å²) in [5, 5.41) is 2.96. The molecule has 0 bridgehead atoms. The molecular formula is C10H17NO. The first-order chi connectivity index (χ1) is 5.83. The van der Waals surface area contributed by atoms with Crippen LogP contribution in [0.15, 0.2) is 12.2 Å². The summed E-state index contributed by atoms with van der Waals surface area (Å²) in [7, 11) is 0. The Bertz CT molecular complexity index is 171. The predicted molar refractivity (Wildman–Crippen MR) is 49.8 cm³/mol. The fraction of sp³-hybridized carbons (Fsp3) is 0.700. The number of amides is 1. The molecule has 0 atom stereocenters. The van der Waals surface area contributed by atoms with Gasteiger partial charge in [-0.3, -0.25) is 4.79 Å². The second-order valence-corrected chi connectivity index (χ2v) is 3.26. The van der Waals surface area contributed by atoms with E-state index in [0.717, 1.165) is 12.8 Å². The summed E-state index contributed by atoms with van der Waals surface area (Å²) in [5.41, 5.74) is 0. The van der Waals surface area contributed by atoms with Gasteiger partial charge in [0.2, 0.25) is 5.91 Å². The van der Waals surface area contributed by atoms with Crippen molar-refractivity contribution in [3.63, 3.8) is 0 Å². The van der Waals surface area contributed by atoms with E-state index < -0.39 is 0 Å². The Balaban J connectivity index is 1.97. The van der Waals surface area contributed by atoms with Gasteiger partial charge in [0, 0.05) is 12.5 Å². The Hall–Kier alpha value is -0.790. The summed E-state index contributed by atoms with van der Waals surface area (Å²) >= 11 is 0. The summed E-state index contributed by atoms with van der Waals surface area (Å²) in [5.74, 6) is 0.207. The normalized spacial score (nSPS) is 16.8. The molecule has 2 heteroatoms. The summed E-state index contributed by atoms with van der Waals surface area (Å²) < 4.78 is 0. The van der Waals surface area contributed by atoms with Crippen molar-refractivity contribution in [2.75, 3.05) is 0 Å². The van der Waals surface area contributed by atoms with Crippen LogP contribution in [0.1, 0.15) is 39.0 Å². The minimum absolute atomic E-state index is 0.207. The first-order valence-corrected chi connectivity index (χ1v) is 4.77. The summed E-state index contributed by atoms with van der Waals surface area (Å²) in [6.07, 6.45) is 9.12. The van der Waals surface area contributed by atoms with Crippen molar-refractivity contribution in [2.45, 2.75) is 45.1 Å². The number of rotatable bonds is 5. The second kappa shape index (κ2) is 4.96. The number of nitrogens with one attached hydrogen (secondary N) is 1. The third-order valence-electron chi connectivity index (χ3n) is 1.88. The zero-order valence-electron chi connectivity index (χ0n) is 7.68. The molecule has 0 saturated heterocycles. The van der Waals surface area contributed by atoms with Crippen LogP contribution >= 0.6 is 0 Å². The monoisotopic (exact) mass is 167 g/mol. The van der Waals surface area contributed by atoms with E-state index in [1.54, 1.807) is 0 Å². The molecule has 0 heterocycles. The fourth-order valence-electron chi connectivity index (χ4n) is 1.03. The quantitative estimate of drug-likeness (QED) is 0.623. The molecule has 0 unspecified atom stereocenters. The Kier molecular flexibility index (Phi) is 3.85. The molecule has 0 spiro atoms. The van der Waals surface area contributed by atoms with Crippen LogP contribution in [0.2, 0.25) is 0 Å². The first kappa shape index (κ1) is 9.30. The molecule has 1 amide bonds. The zero-order chi connectivity index (χ0) is 8.81. The highest BCUT2D eigenvalue weighted by Gasteiger charge is 2.22. The van der Waals surface area contributed by atoms with Gasteiger partial charge in [-0.1, -0.05) is 19.1 Å². The smallest absolute Gasteiger partial charge is 0.220 e. The van der Waals surface area contributed by atoms with Gasteiger partial charge in [0.25, 0.3) is 0 Å². The lowest BCUT2D eigenvalue weighted by atomic mass is 10.2. The molecule has 1 rings (SSSR count). The van der Waals surface area contributed by atoms with Crippen LogP contribution in [-0.4, -0.2) is 11.9 Å². The SMILES string of the molecule is CCC=CCCC(=O)NC1CC1. The van der Waals surface area contributed by atoms with Gasteiger partial charge in [0.1, 0.15) is 0 Å². The van der Waals surface area contributed by atoms with Crippen molar-refractivity contribution in [3.8, 4) is 0 Å². The van der Waals surface area contributed by atoms with Gasteiger partial charge in [0.15, 0.2) is 0 Å². The Labute approximate surface area is 74.0 Å². The fourth-order valence-corrected chi connectivity index (χ4v) is 1.03. The van der Waals surface area contributed by atoms with Crippen LogP contribution in [0.25, 0.3) is 0 Å². The van der Waals surface area contributed by atoms with Crippen LogP contribution in [0.3, 0.4) is 0 Å². The molecule has 0 radical (unpaired) electrons. The maximum atomic E-state index is 11.1. The van der Waals surface area contributed by atoms with Crippen LogP contribution in [0.5, 0.6) is 0 Å². The number of carbonyl (C=O) groups is 1. The summed E-state index contributed by atoms with van der Waals surface area (Å²) in [4.78, 5) is 11.1. The minimum atomic E-state index is 0.207. The number of carbonyl (C=O) groups excluding carboxylic acids is 1. The second-order valence-electron chi connectivity index (χ2n) is 3.26. The Morgan fingerprint density at radius 3 is 2.83 bits per heavy atom. The van der Waals surface area contributed by atoms with Gasteiger partial charge in [0.05, 0.1) is 0 Å². The van der Waals surface area contributed by atoms with Gasteiger partial charge in [-0.2, -0.15) is 0 Å². The molecule has 1 aliphatic carbocycles. The lowest BCUT2D eigenvalue weighted by molar-refractivity contribution is -0.121. The molecule has 2 nitrogen and oxygen atoms in total. The van der Waals surface area contributed by atoms with E-state index >= 15 is 0 Å². The van der Waals surface area contributed by atoms with Crippen molar-refractivity contribution in [1.82, 2.24) is 5.32 Å². The molecule has 1 fully saturated rings. The van der Waals surface area contributed by atoms with E-state index in [1.807, 2.05) is 0 Å². The largest absolute Gasteiger partial charge is 0.353 e. The van der Waals surface area contributed by atoms with E-state index in [0.29, 0.717) is 12.5 Å². The van der Waals surface area contributed by atoms with Crippen molar-refractivity contribution in [1.29, 1.82) is 0 Å². The van der Waals surface area contributed by atoms with E-state index in [9.17, 15) is 4.79 Å². The Morgan fingerprint density at radius 1 is 1.50 bits per heavy atom. The molecule has 1 N–H and O–H groups in total. The van der Waals surface area contributed by atoms with Crippen molar-refractivity contribution in [2.24, 2.45) is 0 Å². The van der Waals surface area contributed by atoms with Crippen LogP contribution in [0, 0.1) is 0 Å². The van der Waals surface area contributed by atoms with Crippen molar-refractivity contribution in [3.05, 3.63) is 12.2 Å².